The first-order valence-corrected chi connectivity index (χ1v) is 12.2. The molecular formula is C27H42O2. The van der Waals surface area contributed by atoms with Crippen LogP contribution in [-0.2, 0) is 4.79 Å². The largest absolute Gasteiger partial charge is 0.393 e. The van der Waals surface area contributed by atoms with E-state index in [9.17, 15) is 9.90 Å². The molecule has 162 valence electrons. The van der Waals surface area contributed by atoms with Crippen molar-refractivity contribution < 1.29 is 9.90 Å². The number of carbonyl (C=O) groups is 1. The van der Waals surface area contributed by atoms with E-state index in [2.05, 4.69) is 26.8 Å². The normalized spacial score (nSPS) is 44.8. The van der Waals surface area contributed by atoms with E-state index in [0.29, 0.717) is 41.8 Å². The molecule has 0 heterocycles. The Morgan fingerprint density at radius 1 is 1.21 bits per heavy atom. The van der Waals surface area contributed by atoms with Gasteiger partial charge in [-0.3, -0.25) is 4.79 Å². The van der Waals surface area contributed by atoms with Crippen LogP contribution in [0.2, 0.25) is 0 Å². The second-order valence-electron chi connectivity index (χ2n) is 11.7. The molecule has 0 bridgehead atoms. The molecule has 2 heteroatoms. The van der Waals surface area contributed by atoms with E-state index in [0.717, 1.165) is 12.0 Å². The lowest BCUT2D eigenvalue weighted by molar-refractivity contribution is -0.116. The summed E-state index contributed by atoms with van der Waals surface area (Å²) in [6, 6.07) is 0. The van der Waals surface area contributed by atoms with Crippen LogP contribution in [0.3, 0.4) is 0 Å². The molecule has 4 aliphatic rings. The fraction of sp³-hybridized carbons (Fsp3) is 0.815. The Balaban J connectivity index is 1.58. The van der Waals surface area contributed by atoms with E-state index in [1.807, 2.05) is 19.9 Å². The minimum absolute atomic E-state index is 0.125. The molecule has 0 aliphatic heterocycles. The molecule has 2 nitrogen and oxygen atoms in total. The molecule has 0 radical (unpaired) electrons. The Labute approximate surface area is 178 Å². The van der Waals surface area contributed by atoms with E-state index in [1.54, 1.807) is 5.57 Å². The van der Waals surface area contributed by atoms with Crippen molar-refractivity contribution in [3.63, 3.8) is 0 Å². The number of aliphatic hydroxyl groups is 1. The number of ketones is 1. The third kappa shape index (κ3) is 3.48. The van der Waals surface area contributed by atoms with Gasteiger partial charge >= 0.3 is 0 Å². The molecule has 0 aromatic rings. The molecule has 0 aromatic heterocycles. The zero-order chi connectivity index (χ0) is 21.0. The number of hydrogen-bond acceptors (Lipinski definition) is 2. The summed E-state index contributed by atoms with van der Waals surface area (Å²) in [6.07, 6.45) is 14.7. The SMILES string of the molecule is CC(C)=CC(=O)C[C@@H](C)[C@H]1CC[C@H]2[C@@H]3C[C@H](O)C4CCCC[C@]4(C)C3=CC[C@]12C. The molecule has 0 saturated heterocycles. The Morgan fingerprint density at radius 3 is 2.69 bits per heavy atom. The number of aliphatic hydroxyl groups excluding tert-OH is 1. The molecule has 0 amide bonds. The summed E-state index contributed by atoms with van der Waals surface area (Å²) in [5.74, 6) is 3.07. The van der Waals surface area contributed by atoms with Gasteiger partial charge in [0.25, 0.3) is 0 Å². The van der Waals surface area contributed by atoms with Gasteiger partial charge in [0.1, 0.15) is 0 Å². The molecule has 8 atom stereocenters. The molecule has 1 unspecified atom stereocenters. The second-order valence-corrected chi connectivity index (χ2v) is 11.7. The minimum Gasteiger partial charge on any atom is -0.393 e. The van der Waals surface area contributed by atoms with Gasteiger partial charge < -0.3 is 5.11 Å². The number of fused-ring (bicyclic) bond motifs is 5. The maximum atomic E-state index is 12.4. The highest BCUT2D eigenvalue weighted by Gasteiger charge is 2.59. The third-order valence-electron chi connectivity index (χ3n) is 9.69. The van der Waals surface area contributed by atoms with E-state index in [-0.39, 0.29) is 16.9 Å². The second kappa shape index (κ2) is 7.66. The van der Waals surface area contributed by atoms with Gasteiger partial charge in [0.05, 0.1) is 6.10 Å². The topological polar surface area (TPSA) is 37.3 Å². The monoisotopic (exact) mass is 398 g/mol. The molecule has 0 spiro atoms. The molecule has 4 aliphatic carbocycles. The third-order valence-corrected chi connectivity index (χ3v) is 9.69. The Morgan fingerprint density at radius 2 is 1.97 bits per heavy atom. The maximum Gasteiger partial charge on any atom is 0.155 e. The van der Waals surface area contributed by atoms with Gasteiger partial charge in [-0.2, -0.15) is 0 Å². The first-order valence-electron chi connectivity index (χ1n) is 12.2. The molecule has 0 aromatic carbocycles. The van der Waals surface area contributed by atoms with Crippen LogP contribution in [0, 0.1) is 40.4 Å². The summed E-state index contributed by atoms with van der Waals surface area (Å²) in [4.78, 5) is 12.4. The van der Waals surface area contributed by atoms with Gasteiger partial charge in [-0.1, -0.05) is 50.8 Å². The van der Waals surface area contributed by atoms with Crippen LogP contribution in [0.25, 0.3) is 0 Å². The Hall–Kier alpha value is -0.890. The van der Waals surface area contributed by atoms with Crippen LogP contribution >= 0.6 is 0 Å². The standard InChI is InChI=1S/C27H42O2/c1-17(2)14-19(28)15-18(3)21-9-10-22-20-16-25(29)24-8-6-7-12-26(24,4)23(20)11-13-27(21,22)5/h11,14,18,20-22,24-25,29H,6-10,12-13,15-16H2,1-5H3/t18-,20+,21-,22+,24?,25+,26-,27-/m1/s1. The number of hydrogen-bond donors (Lipinski definition) is 1. The molecule has 29 heavy (non-hydrogen) atoms. The van der Waals surface area contributed by atoms with Crippen molar-refractivity contribution in [1.82, 2.24) is 0 Å². The summed E-state index contributed by atoms with van der Waals surface area (Å²) in [7, 11) is 0. The van der Waals surface area contributed by atoms with Gasteiger partial charge in [-0.05, 0) is 98.9 Å². The zero-order valence-electron chi connectivity index (χ0n) is 19.3. The zero-order valence-corrected chi connectivity index (χ0v) is 19.3. The first-order chi connectivity index (χ1) is 13.7. The molecule has 4 rings (SSSR count). The van der Waals surface area contributed by atoms with Crippen molar-refractivity contribution in [3.05, 3.63) is 23.3 Å². The maximum absolute atomic E-state index is 12.4. The predicted molar refractivity (Wildman–Crippen MR) is 119 cm³/mol. The Bertz CT molecular complexity index is 714. The summed E-state index contributed by atoms with van der Waals surface area (Å²) in [6.45, 7) is 11.3. The summed E-state index contributed by atoms with van der Waals surface area (Å²) in [5, 5.41) is 11.1. The van der Waals surface area contributed by atoms with Gasteiger partial charge in [0.15, 0.2) is 5.78 Å². The quantitative estimate of drug-likeness (QED) is 0.434. The number of carbonyl (C=O) groups excluding carboxylic acids is 1. The number of rotatable bonds is 4. The summed E-state index contributed by atoms with van der Waals surface area (Å²) < 4.78 is 0. The molecular weight excluding hydrogens is 356 g/mol. The van der Waals surface area contributed by atoms with E-state index >= 15 is 0 Å². The van der Waals surface area contributed by atoms with Crippen molar-refractivity contribution in [2.24, 2.45) is 40.4 Å². The highest BCUT2D eigenvalue weighted by atomic mass is 16.3. The van der Waals surface area contributed by atoms with Crippen LogP contribution in [0.15, 0.2) is 23.3 Å². The van der Waals surface area contributed by atoms with E-state index < -0.39 is 0 Å². The summed E-state index contributed by atoms with van der Waals surface area (Å²) >= 11 is 0. The minimum atomic E-state index is -0.125. The van der Waals surface area contributed by atoms with Crippen molar-refractivity contribution in [3.8, 4) is 0 Å². The van der Waals surface area contributed by atoms with Crippen LogP contribution in [0.4, 0.5) is 0 Å². The van der Waals surface area contributed by atoms with Crippen LogP contribution in [0.1, 0.15) is 92.4 Å². The van der Waals surface area contributed by atoms with E-state index in [1.165, 1.54) is 44.9 Å². The van der Waals surface area contributed by atoms with E-state index in [4.69, 9.17) is 0 Å². The Kier molecular flexibility index (Phi) is 5.64. The van der Waals surface area contributed by atoms with Crippen molar-refractivity contribution in [2.45, 2.75) is 98.5 Å². The molecule has 3 saturated carbocycles. The lowest BCUT2D eigenvalue weighted by Gasteiger charge is -2.58. The van der Waals surface area contributed by atoms with Crippen molar-refractivity contribution >= 4 is 5.78 Å². The fourth-order valence-corrected chi connectivity index (χ4v) is 8.44. The van der Waals surface area contributed by atoms with Crippen molar-refractivity contribution in [2.75, 3.05) is 0 Å². The summed E-state index contributed by atoms with van der Waals surface area (Å²) in [5.41, 5.74) is 3.33. The van der Waals surface area contributed by atoms with Crippen LogP contribution in [0.5, 0.6) is 0 Å². The van der Waals surface area contributed by atoms with Crippen molar-refractivity contribution in [1.29, 1.82) is 0 Å². The molecule has 3 fully saturated rings. The lowest BCUT2D eigenvalue weighted by Crippen LogP contribution is -2.52. The lowest BCUT2D eigenvalue weighted by atomic mass is 9.48. The average Bonchev–Trinajstić information content (AvgIpc) is 2.98. The van der Waals surface area contributed by atoms with Gasteiger partial charge in [-0.15, -0.1) is 0 Å². The highest BCUT2D eigenvalue weighted by Crippen LogP contribution is 2.66. The van der Waals surface area contributed by atoms with Crippen LogP contribution < -0.4 is 0 Å². The average molecular weight is 399 g/mol. The first kappa shape index (κ1) is 21.3. The van der Waals surface area contributed by atoms with Gasteiger partial charge in [0.2, 0.25) is 0 Å². The number of allylic oxidation sites excluding steroid dienone is 4. The fourth-order valence-electron chi connectivity index (χ4n) is 8.44. The smallest absolute Gasteiger partial charge is 0.155 e. The highest BCUT2D eigenvalue weighted by molar-refractivity contribution is 5.90. The predicted octanol–water partition coefficient (Wildman–Crippen LogP) is 6.49. The van der Waals surface area contributed by atoms with Gasteiger partial charge in [0, 0.05) is 6.42 Å². The van der Waals surface area contributed by atoms with Crippen LogP contribution in [-0.4, -0.2) is 17.0 Å². The molecule has 1 N–H and O–H groups in total. The van der Waals surface area contributed by atoms with Gasteiger partial charge in [-0.25, -0.2) is 0 Å².